The summed E-state index contributed by atoms with van der Waals surface area (Å²) in [7, 11) is -3.76. The van der Waals surface area contributed by atoms with Gasteiger partial charge in [0, 0.05) is 17.6 Å². The predicted octanol–water partition coefficient (Wildman–Crippen LogP) is 4.20. The molecule has 0 aromatic heterocycles. The van der Waals surface area contributed by atoms with Crippen molar-refractivity contribution in [2.24, 2.45) is 0 Å². The van der Waals surface area contributed by atoms with Gasteiger partial charge in [-0.15, -0.1) is 0 Å². The molecule has 35 heavy (non-hydrogen) atoms. The molecule has 0 unspecified atom stereocenters. The highest BCUT2D eigenvalue weighted by molar-refractivity contribution is 7.92. The molecule has 0 spiro atoms. The van der Waals surface area contributed by atoms with Crippen molar-refractivity contribution in [1.82, 2.24) is 10.2 Å². The highest BCUT2D eigenvalue weighted by atomic mass is 35.5. The highest BCUT2D eigenvalue weighted by Crippen LogP contribution is 2.25. The summed E-state index contributed by atoms with van der Waals surface area (Å²) in [4.78, 5) is 28.2. The third-order valence-corrected chi connectivity index (χ3v) is 7.83. The summed E-state index contributed by atoms with van der Waals surface area (Å²) in [5.41, 5.74) is 2.87. The number of benzene rings is 2. The number of aryl methyl sites for hydroxylation is 2. The minimum atomic E-state index is -3.76. The first-order valence-electron chi connectivity index (χ1n) is 11.8. The Hall–Kier alpha value is -2.58. The lowest BCUT2D eigenvalue weighted by molar-refractivity contribution is -0.139. The number of nitrogens with one attached hydrogen (secondary N) is 1. The molecule has 190 valence electrons. The molecule has 0 saturated heterocycles. The van der Waals surface area contributed by atoms with Crippen molar-refractivity contribution in [1.29, 1.82) is 0 Å². The molecule has 9 heteroatoms. The maximum Gasteiger partial charge on any atom is 0.244 e. The van der Waals surface area contributed by atoms with Crippen LogP contribution in [0.2, 0.25) is 5.02 Å². The molecule has 0 heterocycles. The van der Waals surface area contributed by atoms with Crippen LogP contribution in [0, 0.1) is 13.8 Å². The van der Waals surface area contributed by atoms with Gasteiger partial charge in [-0.25, -0.2) is 8.42 Å². The fraction of sp³-hybridized carbons (Fsp3) is 0.462. The van der Waals surface area contributed by atoms with E-state index in [0.29, 0.717) is 10.7 Å². The first-order valence-corrected chi connectivity index (χ1v) is 14.1. The summed E-state index contributed by atoms with van der Waals surface area (Å²) in [6.45, 7) is 5.10. The summed E-state index contributed by atoms with van der Waals surface area (Å²) in [5, 5.41) is 3.62. The van der Waals surface area contributed by atoms with E-state index in [1.54, 1.807) is 44.2 Å². The molecule has 1 N–H and O–H groups in total. The normalized spacial score (nSPS) is 15.0. The molecule has 1 aliphatic rings. The molecule has 0 radical (unpaired) electrons. The Morgan fingerprint density at radius 1 is 1.09 bits per heavy atom. The summed E-state index contributed by atoms with van der Waals surface area (Å²) in [6, 6.07) is 11.8. The number of amides is 2. The van der Waals surface area contributed by atoms with Gasteiger partial charge >= 0.3 is 0 Å². The minimum Gasteiger partial charge on any atom is -0.352 e. The molecular weight excluding hydrogens is 486 g/mol. The minimum absolute atomic E-state index is 0.111. The van der Waals surface area contributed by atoms with Gasteiger partial charge in [-0.05, 0) is 68.5 Å². The molecule has 2 aromatic rings. The molecule has 1 saturated carbocycles. The summed E-state index contributed by atoms with van der Waals surface area (Å²) < 4.78 is 26.6. The molecule has 1 atom stereocenters. The SMILES string of the molecule is Cc1ccc(C)c(N(CC(=O)N(Cc2ccc(Cl)cc2)[C@@H](C)C(=O)NC2CCCC2)S(C)(=O)=O)c1. The van der Waals surface area contributed by atoms with E-state index in [1.807, 2.05) is 19.1 Å². The molecule has 2 amide bonds. The van der Waals surface area contributed by atoms with Crippen LogP contribution in [0.3, 0.4) is 0 Å². The second-order valence-corrected chi connectivity index (χ2v) is 11.7. The van der Waals surface area contributed by atoms with Gasteiger partial charge in [-0.2, -0.15) is 0 Å². The third-order valence-electron chi connectivity index (χ3n) is 6.45. The maximum atomic E-state index is 13.6. The van der Waals surface area contributed by atoms with Crippen LogP contribution in [0.5, 0.6) is 0 Å². The molecule has 2 aromatic carbocycles. The van der Waals surface area contributed by atoms with Gasteiger partial charge in [0.15, 0.2) is 0 Å². The number of anilines is 1. The van der Waals surface area contributed by atoms with Crippen LogP contribution in [0.15, 0.2) is 42.5 Å². The van der Waals surface area contributed by atoms with E-state index >= 15 is 0 Å². The third kappa shape index (κ3) is 7.21. The van der Waals surface area contributed by atoms with Gasteiger partial charge in [0.05, 0.1) is 11.9 Å². The van der Waals surface area contributed by atoms with Crippen molar-refractivity contribution in [2.45, 2.75) is 65.1 Å². The van der Waals surface area contributed by atoms with Gasteiger partial charge < -0.3 is 10.2 Å². The van der Waals surface area contributed by atoms with Crippen LogP contribution in [0.1, 0.15) is 49.3 Å². The fourth-order valence-electron chi connectivity index (χ4n) is 4.34. The lowest BCUT2D eigenvalue weighted by atomic mass is 10.1. The van der Waals surface area contributed by atoms with Gasteiger partial charge in [0.1, 0.15) is 12.6 Å². The Morgan fingerprint density at radius 3 is 2.31 bits per heavy atom. The molecule has 3 rings (SSSR count). The Kier molecular flexibility index (Phi) is 8.83. The Morgan fingerprint density at radius 2 is 1.71 bits per heavy atom. The largest absolute Gasteiger partial charge is 0.352 e. The average molecular weight is 520 g/mol. The molecular formula is C26H34ClN3O4S. The van der Waals surface area contributed by atoms with Crippen LogP contribution in [0.25, 0.3) is 0 Å². The average Bonchev–Trinajstić information content (AvgIpc) is 3.30. The Bertz CT molecular complexity index is 1160. The number of rotatable bonds is 9. The summed E-state index contributed by atoms with van der Waals surface area (Å²) in [5.74, 6) is -0.697. The predicted molar refractivity (Wildman–Crippen MR) is 140 cm³/mol. The molecule has 1 aliphatic carbocycles. The van der Waals surface area contributed by atoms with Crippen molar-refractivity contribution in [3.05, 3.63) is 64.2 Å². The zero-order valence-corrected chi connectivity index (χ0v) is 22.3. The van der Waals surface area contributed by atoms with Gasteiger partial charge in [0.25, 0.3) is 0 Å². The van der Waals surface area contributed by atoms with E-state index in [2.05, 4.69) is 5.32 Å². The molecule has 0 bridgehead atoms. The van der Waals surface area contributed by atoms with Crippen molar-refractivity contribution >= 4 is 39.1 Å². The van der Waals surface area contributed by atoms with E-state index in [1.165, 1.54) is 4.90 Å². The van der Waals surface area contributed by atoms with Gasteiger partial charge in [0.2, 0.25) is 21.8 Å². The van der Waals surface area contributed by atoms with Gasteiger partial charge in [-0.3, -0.25) is 13.9 Å². The van der Waals surface area contributed by atoms with Crippen molar-refractivity contribution in [3.63, 3.8) is 0 Å². The Labute approximate surface area is 213 Å². The number of halogens is 1. The van der Waals surface area contributed by atoms with E-state index in [0.717, 1.165) is 52.9 Å². The first kappa shape index (κ1) is 27.0. The van der Waals surface area contributed by atoms with E-state index < -0.39 is 28.5 Å². The van der Waals surface area contributed by atoms with E-state index in [-0.39, 0.29) is 18.5 Å². The smallest absolute Gasteiger partial charge is 0.244 e. The molecule has 0 aliphatic heterocycles. The summed E-state index contributed by atoms with van der Waals surface area (Å²) in [6.07, 6.45) is 5.09. The van der Waals surface area contributed by atoms with Gasteiger partial charge in [-0.1, -0.05) is 48.7 Å². The monoisotopic (exact) mass is 519 g/mol. The zero-order valence-electron chi connectivity index (χ0n) is 20.8. The number of hydrogen-bond donors (Lipinski definition) is 1. The van der Waals surface area contributed by atoms with Crippen molar-refractivity contribution in [3.8, 4) is 0 Å². The number of carbonyl (C=O) groups excluding carboxylic acids is 2. The lowest BCUT2D eigenvalue weighted by Gasteiger charge is -2.32. The van der Waals surface area contributed by atoms with E-state index in [9.17, 15) is 18.0 Å². The number of carbonyl (C=O) groups is 2. The number of nitrogens with zero attached hydrogens (tertiary/aromatic N) is 2. The Balaban J connectivity index is 1.90. The lowest BCUT2D eigenvalue weighted by Crippen LogP contribution is -2.52. The van der Waals surface area contributed by atoms with E-state index in [4.69, 9.17) is 11.6 Å². The second-order valence-electron chi connectivity index (χ2n) is 9.37. The standard InChI is InChI=1S/C26H34ClN3O4S/c1-18-9-10-19(2)24(15-18)30(35(4,33)34)17-25(31)29(16-21-11-13-22(27)14-12-21)20(3)26(32)28-23-7-5-6-8-23/h9-15,20,23H,5-8,16-17H2,1-4H3,(H,28,32)/t20-/m0/s1. The number of hydrogen-bond acceptors (Lipinski definition) is 4. The zero-order chi connectivity index (χ0) is 25.8. The van der Waals surface area contributed by atoms with Crippen LogP contribution >= 0.6 is 11.6 Å². The van der Waals surface area contributed by atoms with Crippen molar-refractivity contribution < 1.29 is 18.0 Å². The van der Waals surface area contributed by atoms with Crippen molar-refractivity contribution in [2.75, 3.05) is 17.1 Å². The first-order chi connectivity index (χ1) is 16.5. The summed E-state index contributed by atoms with van der Waals surface area (Å²) >= 11 is 6.02. The van der Waals surface area contributed by atoms with Crippen LogP contribution in [-0.2, 0) is 26.2 Å². The quantitative estimate of drug-likeness (QED) is 0.538. The highest BCUT2D eigenvalue weighted by Gasteiger charge is 2.31. The van der Waals surface area contributed by atoms with Crippen LogP contribution in [-0.4, -0.2) is 50.0 Å². The molecule has 7 nitrogen and oxygen atoms in total. The van der Waals surface area contributed by atoms with Crippen LogP contribution < -0.4 is 9.62 Å². The topological polar surface area (TPSA) is 86.8 Å². The molecule has 1 fully saturated rings. The fourth-order valence-corrected chi connectivity index (χ4v) is 5.37. The second kappa shape index (κ2) is 11.4. The maximum absolute atomic E-state index is 13.6. The van der Waals surface area contributed by atoms with Crippen LogP contribution in [0.4, 0.5) is 5.69 Å². The number of sulfonamides is 1.